The van der Waals surface area contributed by atoms with Gasteiger partial charge >= 0.3 is 0 Å². The Balaban J connectivity index is 2.49. The third-order valence-corrected chi connectivity index (χ3v) is 2.82. The van der Waals surface area contributed by atoms with Crippen LogP contribution in [0.25, 0.3) is 11.0 Å². The first-order valence-electron chi connectivity index (χ1n) is 5.51. The van der Waals surface area contributed by atoms with Crippen molar-refractivity contribution in [1.82, 2.24) is 14.9 Å². The van der Waals surface area contributed by atoms with Gasteiger partial charge in [-0.25, -0.2) is 0 Å². The molecule has 2 aromatic rings. The highest BCUT2D eigenvalue weighted by atomic mass is 16.2. The summed E-state index contributed by atoms with van der Waals surface area (Å²) in [6, 6.07) is 6.80. The minimum absolute atomic E-state index is 0.227. The van der Waals surface area contributed by atoms with E-state index in [1.165, 1.54) is 4.90 Å². The topological polar surface area (TPSA) is 69.9 Å². The van der Waals surface area contributed by atoms with Crippen molar-refractivity contribution in [3.63, 3.8) is 0 Å². The lowest BCUT2D eigenvalue weighted by Gasteiger charge is -2.19. The fraction of sp³-hybridized carbons (Fsp3) is 0.231. The van der Waals surface area contributed by atoms with Crippen molar-refractivity contribution in [1.29, 1.82) is 5.26 Å². The summed E-state index contributed by atoms with van der Waals surface area (Å²) in [5, 5.41) is 8.84. The Bertz CT molecular complexity index is 627. The van der Waals surface area contributed by atoms with E-state index in [0.717, 1.165) is 0 Å². The molecule has 0 saturated heterocycles. The number of para-hydroxylation sites is 1. The third-order valence-electron chi connectivity index (χ3n) is 2.82. The van der Waals surface area contributed by atoms with Gasteiger partial charge in [0.1, 0.15) is 11.6 Å². The number of benzene rings is 1. The summed E-state index contributed by atoms with van der Waals surface area (Å²) in [5.74, 6) is -0.227. The van der Waals surface area contributed by atoms with Crippen molar-refractivity contribution in [3.05, 3.63) is 36.2 Å². The normalized spacial score (nSPS) is 11.8. The van der Waals surface area contributed by atoms with Crippen LogP contribution in [0.2, 0.25) is 0 Å². The van der Waals surface area contributed by atoms with Gasteiger partial charge in [-0.15, -0.1) is 0 Å². The number of hydrogen-bond acceptors (Lipinski definition) is 4. The first kappa shape index (κ1) is 12.0. The van der Waals surface area contributed by atoms with E-state index in [9.17, 15) is 4.79 Å². The first-order valence-corrected chi connectivity index (χ1v) is 5.51. The molecule has 0 saturated carbocycles. The van der Waals surface area contributed by atoms with E-state index in [1.54, 1.807) is 44.6 Å². The highest BCUT2D eigenvalue weighted by Gasteiger charge is 2.19. The Labute approximate surface area is 105 Å². The molecule has 0 bridgehead atoms. The lowest BCUT2D eigenvalue weighted by atomic mass is 10.1. The molecule has 0 aliphatic rings. The number of amides is 1. The highest BCUT2D eigenvalue weighted by molar-refractivity contribution is 6.04. The molecule has 0 aliphatic heterocycles. The zero-order chi connectivity index (χ0) is 13.1. The quantitative estimate of drug-likeness (QED) is 0.799. The monoisotopic (exact) mass is 240 g/mol. The van der Waals surface area contributed by atoms with Crippen molar-refractivity contribution < 1.29 is 4.79 Å². The SMILES string of the molecule is CC(C#N)N(C)C(=O)c1cccc2nccnc12. The second kappa shape index (κ2) is 4.80. The van der Waals surface area contributed by atoms with E-state index in [4.69, 9.17) is 5.26 Å². The van der Waals surface area contributed by atoms with Crippen LogP contribution in [0.1, 0.15) is 17.3 Å². The number of nitrogens with zero attached hydrogens (tertiary/aromatic N) is 4. The van der Waals surface area contributed by atoms with Gasteiger partial charge in [-0.3, -0.25) is 14.8 Å². The highest BCUT2D eigenvalue weighted by Crippen LogP contribution is 2.16. The molecule has 1 amide bonds. The van der Waals surface area contributed by atoms with Crippen LogP contribution in [-0.2, 0) is 0 Å². The van der Waals surface area contributed by atoms with E-state index in [1.807, 2.05) is 6.07 Å². The Kier molecular flexibility index (Phi) is 3.20. The smallest absolute Gasteiger partial charge is 0.256 e. The molecule has 0 radical (unpaired) electrons. The van der Waals surface area contributed by atoms with Crippen LogP contribution in [0.5, 0.6) is 0 Å². The average molecular weight is 240 g/mol. The number of carbonyl (C=O) groups excluding carboxylic acids is 1. The number of nitriles is 1. The minimum Gasteiger partial charge on any atom is -0.326 e. The molecule has 1 heterocycles. The van der Waals surface area contributed by atoms with Crippen molar-refractivity contribution in [3.8, 4) is 6.07 Å². The molecular formula is C13H12N4O. The Morgan fingerprint density at radius 2 is 2.11 bits per heavy atom. The van der Waals surface area contributed by atoms with Gasteiger partial charge in [0.25, 0.3) is 5.91 Å². The summed E-state index contributed by atoms with van der Waals surface area (Å²) in [6.07, 6.45) is 3.13. The molecule has 0 fully saturated rings. The lowest BCUT2D eigenvalue weighted by Crippen LogP contribution is -2.34. The second-order valence-electron chi connectivity index (χ2n) is 3.95. The van der Waals surface area contributed by atoms with E-state index < -0.39 is 6.04 Å². The maximum atomic E-state index is 12.3. The fourth-order valence-electron chi connectivity index (χ4n) is 1.62. The molecule has 18 heavy (non-hydrogen) atoms. The van der Waals surface area contributed by atoms with Gasteiger partial charge < -0.3 is 4.90 Å². The molecule has 1 aromatic carbocycles. The standard InChI is InChI=1S/C13H12N4O/c1-9(8-14)17(2)13(18)10-4-3-5-11-12(10)16-7-6-15-11/h3-7,9H,1-2H3. The number of fused-ring (bicyclic) bond motifs is 1. The van der Waals surface area contributed by atoms with Gasteiger partial charge in [0.15, 0.2) is 0 Å². The predicted octanol–water partition coefficient (Wildman–Crippen LogP) is 1.61. The molecule has 1 unspecified atom stereocenters. The van der Waals surface area contributed by atoms with Crippen molar-refractivity contribution in [2.75, 3.05) is 7.05 Å². The minimum atomic E-state index is -0.482. The summed E-state index contributed by atoms with van der Waals surface area (Å²) < 4.78 is 0. The Morgan fingerprint density at radius 3 is 2.83 bits per heavy atom. The maximum absolute atomic E-state index is 12.3. The summed E-state index contributed by atoms with van der Waals surface area (Å²) in [7, 11) is 1.60. The van der Waals surface area contributed by atoms with E-state index in [-0.39, 0.29) is 5.91 Å². The predicted molar refractivity (Wildman–Crippen MR) is 66.7 cm³/mol. The van der Waals surface area contributed by atoms with Gasteiger partial charge in [0, 0.05) is 19.4 Å². The summed E-state index contributed by atoms with van der Waals surface area (Å²) >= 11 is 0. The summed E-state index contributed by atoms with van der Waals surface area (Å²) in [5.41, 5.74) is 1.69. The van der Waals surface area contributed by atoms with Crippen molar-refractivity contribution >= 4 is 16.9 Å². The molecule has 0 aliphatic carbocycles. The van der Waals surface area contributed by atoms with E-state index >= 15 is 0 Å². The van der Waals surface area contributed by atoms with Gasteiger partial charge in [0.2, 0.25) is 0 Å². The van der Waals surface area contributed by atoms with Gasteiger partial charge in [-0.05, 0) is 19.1 Å². The van der Waals surface area contributed by atoms with Crippen LogP contribution in [0.3, 0.4) is 0 Å². The van der Waals surface area contributed by atoms with E-state index in [0.29, 0.717) is 16.6 Å². The molecule has 1 atom stereocenters. The molecule has 1 aromatic heterocycles. The number of carbonyl (C=O) groups is 1. The number of rotatable bonds is 2. The summed E-state index contributed by atoms with van der Waals surface area (Å²) in [4.78, 5) is 22.0. The molecule has 2 rings (SSSR count). The summed E-state index contributed by atoms with van der Waals surface area (Å²) in [6.45, 7) is 1.68. The van der Waals surface area contributed by atoms with Crippen LogP contribution in [0, 0.1) is 11.3 Å². The van der Waals surface area contributed by atoms with Crippen LogP contribution >= 0.6 is 0 Å². The van der Waals surface area contributed by atoms with Crippen LogP contribution in [-0.4, -0.2) is 33.9 Å². The Morgan fingerprint density at radius 1 is 1.39 bits per heavy atom. The lowest BCUT2D eigenvalue weighted by molar-refractivity contribution is 0.0775. The fourth-order valence-corrected chi connectivity index (χ4v) is 1.62. The number of aromatic nitrogens is 2. The molecular weight excluding hydrogens is 228 g/mol. The first-order chi connectivity index (χ1) is 8.65. The molecule has 5 nitrogen and oxygen atoms in total. The van der Waals surface area contributed by atoms with Gasteiger partial charge in [-0.1, -0.05) is 6.07 Å². The maximum Gasteiger partial charge on any atom is 0.256 e. The third kappa shape index (κ3) is 2.00. The van der Waals surface area contributed by atoms with Gasteiger partial charge in [-0.2, -0.15) is 5.26 Å². The molecule has 5 heteroatoms. The number of hydrogen-bond donors (Lipinski definition) is 0. The Hall–Kier alpha value is -2.48. The van der Waals surface area contributed by atoms with E-state index in [2.05, 4.69) is 9.97 Å². The zero-order valence-electron chi connectivity index (χ0n) is 10.2. The van der Waals surface area contributed by atoms with Gasteiger partial charge in [0.05, 0.1) is 17.1 Å². The van der Waals surface area contributed by atoms with Crippen molar-refractivity contribution in [2.45, 2.75) is 13.0 Å². The van der Waals surface area contributed by atoms with Crippen LogP contribution < -0.4 is 0 Å². The van der Waals surface area contributed by atoms with Crippen LogP contribution in [0.15, 0.2) is 30.6 Å². The largest absolute Gasteiger partial charge is 0.326 e. The zero-order valence-corrected chi connectivity index (χ0v) is 10.2. The molecule has 0 N–H and O–H groups in total. The molecule has 0 spiro atoms. The molecule has 90 valence electrons. The average Bonchev–Trinajstić information content (AvgIpc) is 2.44. The van der Waals surface area contributed by atoms with Crippen LogP contribution in [0.4, 0.5) is 0 Å². The second-order valence-corrected chi connectivity index (χ2v) is 3.95. The van der Waals surface area contributed by atoms with Crippen molar-refractivity contribution in [2.24, 2.45) is 0 Å².